The van der Waals surface area contributed by atoms with Crippen molar-refractivity contribution < 1.29 is 34.0 Å². The Balaban J connectivity index is 2.42. The monoisotopic (exact) mass is 491 g/mol. The number of nitrogen functional groups attached to an aromatic ring is 1. The molecule has 12 heteroatoms. The Hall–Kier alpha value is -1.33. The van der Waals surface area contributed by atoms with Crippen LogP contribution in [0.3, 0.4) is 0 Å². The van der Waals surface area contributed by atoms with Gasteiger partial charge in [-0.15, -0.1) is 0 Å². The van der Waals surface area contributed by atoms with Gasteiger partial charge in [0, 0.05) is 17.7 Å². The molecule has 1 aromatic heterocycles. The van der Waals surface area contributed by atoms with Gasteiger partial charge in [-0.1, -0.05) is 34.6 Å². The fourth-order valence-electron chi connectivity index (χ4n) is 4.48. The Morgan fingerprint density at radius 2 is 1.76 bits per heavy atom. The molecule has 33 heavy (non-hydrogen) atoms. The Morgan fingerprint density at radius 1 is 1.21 bits per heavy atom. The molecule has 1 aromatic rings. The molecule has 2 rings (SSSR count). The predicted molar refractivity (Wildman–Crippen MR) is 122 cm³/mol. The SMILES string of the molecule is CCC(CC)(OP(=O)(O)C(O)(CC)CC)C(C)C1OC(n2cc(C)c(N)nc2=O)C(O)C1O. The van der Waals surface area contributed by atoms with Crippen molar-refractivity contribution in [3.05, 3.63) is 22.2 Å². The van der Waals surface area contributed by atoms with Gasteiger partial charge in [0.15, 0.2) is 11.6 Å². The van der Waals surface area contributed by atoms with Gasteiger partial charge in [0.2, 0.25) is 0 Å². The summed E-state index contributed by atoms with van der Waals surface area (Å²) in [6, 6.07) is 0. The normalized spacial score (nSPS) is 26.8. The smallest absolute Gasteiger partial charge is 0.359 e. The number of aryl methyl sites for hydroxylation is 1. The molecule has 0 radical (unpaired) electrons. The third-order valence-corrected chi connectivity index (χ3v) is 9.50. The van der Waals surface area contributed by atoms with Gasteiger partial charge in [0.1, 0.15) is 18.0 Å². The summed E-state index contributed by atoms with van der Waals surface area (Å²) in [4.78, 5) is 26.8. The van der Waals surface area contributed by atoms with E-state index >= 15 is 0 Å². The quantitative estimate of drug-likeness (QED) is 0.302. The van der Waals surface area contributed by atoms with Crippen molar-refractivity contribution in [1.82, 2.24) is 9.55 Å². The minimum atomic E-state index is -4.51. The lowest BCUT2D eigenvalue weighted by atomic mass is 9.79. The maximum atomic E-state index is 13.2. The van der Waals surface area contributed by atoms with Crippen LogP contribution in [0.1, 0.15) is 72.1 Å². The Labute approximate surface area is 194 Å². The molecule has 6 N–H and O–H groups in total. The first-order valence-corrected chi connectivity index (χ1v) is 12.9. The maximum absolute atomic E-state index is 13.2. The first kappa shape index (κ1) is 27.9. The van der Waals surface area contributed by atoms with Gasteiger partial charge in [-0.25, -0.2) is 4.79 Å². The van der Waals surface area contributed by atoms with Crippen LogP contribution in [0.25, 0.3) is 0 Å². The lowest BCUT2D eigenvalue weighted by Gasteiger charge is -2.44. The van der Waals surface area contributed by atoms with Gasteiger partial charge in [0.25, 0.3) is 0 Å². The number of nitrogens with zero attached hydrogens (tertiary/aromatic N) is 2. The zero-order chi connectivity index (χ0) is 25.4. The number of rotatable bonds is 10. The topological polar surface area (TPSA) is 177 Å². The van der Waals surface area contributed by atoms with E-state index in [2.05, 4.69) is 4.98 Å². The van der Waals surface area contributed by atoms with Crippen LogP contribution in [0.15, 0.2) is 11.0 Å². The summed E-state index contributed by atoms with van der Waals surface area (Å²) in [5, 5.41) is 30.3. The molecule has 0 spiro atoms. The number of aromatic nitrogens is 2. The van der Waals surface area contributed by atoms with Gasteiger partial charge >= 0.3 is 13.3 Å². The second kappa shape index (κ2) is 10.1. The van der Waals surface area contributed by atoms with E-state index in [0.717, 1.165) is 4.57 Å². The minimum absolute atomic E-state index is 0.0188. The third-order valence-electron chi connectivity index (χ3n) is 7.21. The predicted octanol–water partition coefficient (Wildman–Crippen LogP) is 1.66. The molecule has 1 aliphatic rings. The van der Waals surface area contributed by atoms with Crippen molar-refractivity contribution in [3.8, 4) is 0 Å². The molecule has 0 aliphatic carbocycles. The molecule has 0 aromatic carbocycles. The molecule has 190 valence electrons. The Bertz CT molecular complexity index is 931. The average molecular weight is 492 g/mol. The summed E-state index contributed by atoms with van der Waals surface area (Å²) in [6.07, 6.45) is -3.17. The summed E-state index contributed by atoms with van der Waals surface area (Å²) >= 11 is 0. The first-order valence-electron chi connectivity index (χ1n) is 11.4. The van der Waals surface area contributed by atoms with Crippen LogP contribution < -0.4 is 11.4 Å². The van der Waals surface area contributed by atoms with E-state index in [0.29, 0.717) is 5.56 Å². The van der Waals surface area contributed by atoms with Gasteiger partial charge in [0.05, 0.1) is 11.7 Å². The summed E-state index contributed by atoms with van der Waals surface area (Å²) in [7, 11) is -4.51. The van der Waals surface area contributed by atoms with E-state index in [1.54, 1.807) is 41.5 Å². The molecule has 0 bridgehead atoms. The second-order valence-corrected chi connectivity index (χ2v) is 10.9. The van der Waals surface area contributed by atoms with E-state index < -0.39 is 54.7 Å². The molecule has 1 aliphatic heterocycles. The van der Waals surface area contributed by atoms with Crippen LogP contribution in [-0.4, -0.2) is 59.0 Å². The molecule has 6 atom stereocenters. The van der Waals surface area contributed by atoms with Gasteiger partial charge < -0.3 is 30.7 Å². The van der Waals surface area contributed by atoms with Crippen molar-refractivity contribution in [2.75, 3.05) is 5.73 Å². The van der Waals surface area contributed by atoms with Crippen molar-refractivity contribution in [2.24, 2.45) is 5.92 Å². The van der Waals surface area contributed by atoms with Crippen molar-refractivity contribution in [1.29, 1.82) is 0 Å². The average Bonchev–Trinajstić information content (AvgIpc) is 3.07. The molecular formula is C21H38N3O8P. The molecule has 0 amide bonds. The van der Waals surface area contributed by atoms with E-state index in [-0.39, 0.29) is 31.5 Å². The lowest BCUT2D eigenvalue weighted by Crippen LogP contribution is -2.49. The van der Waals surface area contributed by atoms with Gasteiger partial charge in [-0.2, -0.15) is 4.98 Å². The molecular weight excluding hydrogens is 453 g/mol. The van der Waals surface area contributed by atoms with E-state index in [1.165, 1.54) is 6.20 Å². The highest BCUT2D eigenvalue weighted by molar-refractivity contribution is 7.54. The van der Waals surface area contributed by atoms with E-state index in [1.807, 2.05) is 0 Å². The summed E-state index contributed by atoms with van der Waals surface area (Å²) in [6.45, 7) is 10.1. The number of anilines is 1. The lowest BCUT2D eigenvalue weighted by molar-refractivity contribution is -0.116. The van der Waals surface area contributed by atoms with E-state index in [4.69, 9.17) is 15.0 Å². The maximum Gasteiger partial charge on any atom is 0.359 e. The minimum Gasteiger partial charge on any atom is -0.388 e. The molecule has 1 fully saturated rings. The van der Waals surface area contributed by atoms with Crippen molar-refractivity contribution in [3.63, 3.8) is 0 Å². The largest absolute Gasteiger partial charge is 0.388 e. The third kappa shape index (κ3) is 4.91. The Kier molecular flexibility index (Phi) is 8.55. The van der Waals surface area contributed by atoms with Crippen LogP contribution in [0, 0.1) is 12.8 Å². The highest BCUT2D eigenvalue weighted by Gasteiger charge is 2.55. The zero-order valence-electron chi connectivity index (χ0n) is 20.1. The van der Waals surface area contributed by atoms with Crippen LogP contribution in [-0.2, 0) is 13.8 Å². The molecule has 2 heterocycles. The summed E-state index contributed by atoms with van der Waals surface area (Å²) in [5.41, 5.74) is 4.16. The number of nitrogens with two attached hydrogens (primary N) is 1. The van der Waals surface area contributed by atoms with Crippen LogP contribution in [0.2, 0.25) is 0 Å². The van der Waals surface area contributed by atoms with Gasteiger partial charge in [-0.05, 0) is 32.6 Å². The molecule has 1 saturated heterocycles. The van der Waals surface area contributed by atoms with Crippen molar-refractivity contribution in [2.45, 2.75) is 103 Å². The standard InChI is InChI=1S/C21H38N3O8P/c1-7-20(8-2,32-33(29,30)21(28,9-3)10-4)13(6)16-14(25)15(26)18(31-16)24-11-12(5)17(22)23-19(24)27/h11,13-16,18,25-26,28H,7-10H2,1-6H3,(H,29,30)(H2,22,23,27). The number of aliphatic hydroxyl groups excluding tert-OH is 2. The number of ether oxygens (including phenoxy) is 1. The van der Waals surface area contributed by atoms with E-state index in [9.17, 15) is 29.6 Å². The summed E-state index contributed by atoms with van der Waals surface area (Å²) in [5.74, 6) is -0.643. The number of hydrogen-bond acceptors (Lipinski definition) is 9. The molecule has 0 saturated carbocycles. The highest BCUT2D eigenvalue weighted by atomic mass is 31.2. The van der Waals surface area contributed by atoms with Crippen LogP contribution in [0.5, 0.6) is 0 Å². The summed E-state index contributed by atoms with van der Waals surface area (Å²) < 4.78 is 26.0. The number of aliphatic hydroxyl groups is 3. The fourth-order valence-corrected chi connectivity index (χ4v) is 6.36. The molecule has 6 unspecified atom stereocenters. The Morgan fingerprint density at radius 3 is 2.24 bits per heavy atom. The second-order valence-electron chi connectivity index (χ2n) is 8.83. The first-order chi connectivity index (χ1) is 15.2. The van der Waals surface area contributed by atoms with Crippen molar-refractivity contribution >= 4 is 13.4 Å². The van der Waals surface area contributed by atoms with Gasteiger partial charge in [-0.3, -0.25) is 13.7 Å². The fraction of sp³-hybridized carbons (Fsp3) is 0.810. The molecule has 11 nitrogen and oxygen atoms in total. The zero-order valence-corrected chi connectivity index (χ0v) is 21.0. The number of hydrogen-bond donors (Lipinski definition) is 5. The van der Waals surface area contributed by atoms with Crippen LogP contribution in [0.4, 0.5) is 5.82 Å². The van der Waals surface area contributed by atoms with Crippen LogP contribution >= 0.6 is 7.60 Å². The highest BCUT2D eigenvalue weighted by Crippen LogP contribution is 2.61.